The van der Waals surface area contributed by atoms with Crippen LogP contribution in [0.1, 0.15) is 45.2 Å². The maximum Gasteiger partial charge on any atom is 0.0474 e. The lowest BCUT2D eigenvalue weighted by atomic mass is 10.0. The van der Waals surface area contributed by atoms with Gasteiger partial charge in [-0.15, -0.1) is 0 Å². The van der Waals surface area contributed by atoms with Gasteiger partial charge in [0.05, 0.1) is 0 Å². The molecule has 1 aliphatic heterocycles. The van der Waals surface area contributed by atoms with Crippen LogP contribution in [0, 0.1) is 5.92 Å². The molecule has 0 bridgehead atoms. The normalized spacial score (nSPS) is 21.2. The van der Waals surface area contributed by atoms with Crippen LogP contribution < -0.4 is 10.2 Å². The van der Waals surface area contributed by atoms with Crippen molar-refractivity contribution in [3.8, 4) is 0 Å². The zero-order valence-corrected chi connectivity index (χ0v) is 13.2. The van der Waals surface area contributed by atoms with E-state index in [-0.39, 0.29) is 0 Å². The van der Waals surface area contributed by atoms with Crippen LogP contribution in [-0.4, -0.2) is 19.6 Å². The topological polar surface area (TPSA) is 15.3 Å². The number of anilines is 1. The highest BCUT2D eigenvalue weighted by Gasteiger charge is 2.27. The Bertz CT molecular complexity index is 431. The number of halogens is 1. The number of nitrogens with one attached hydrogen (secondary N) is 1. The molecule has 1 aromatic carbocycles. The van der Waals surface area contributed by atoms with Crippen LogP contribution in [0.5, 0.6) is 0 Å². The van der Waals surface area contributed by atoms with Gasteiger partial charge in [-0.05, 0) is 50.4 Å². The third-order valence-corrected chi connectivity index (χ3v) is 4.61. The van der Waals surface area contributed by atoms with Crippen LogP contribution in [0.3, 0.4) is 0 Å². The molecule has 0 radical (unpaired) electrons. The lowest BCUT2D eigenvalue weighted by Crippen LogP contribution is -2.33. The Morgan fingerprint density at radius 3 is 2.63 bits per heavy atom. The van der Waals surface area contributed by atoms with Gasteiger partial charge in [-0.3, -0.25) is 0 Å². The minimum atomic E-state index is 0.293. The van der Waals surface area contributed by atoms with Crippen LogP contribution >= 0.6 is 11.6 Å². The van der Waals surface area contributed by atoms with E-state index in [1.165, 1.54) is 24.1 Å². The zero-order chi connectivity index (χ0) is 14.0. The molecular weight excluding hydrogens is 256 g/mol. The summed E-state index contributed by atoms with van der Waals surface area (Å²) in [5.41, 5.74) is 2.45. The molecule has 106 valence electrons. The first kappa shape index (κ1) is 14.7. The van der Waals surface area contributed by atoms with Gasteiger partial charge < -0.3 is 10.2 Å². The average Bonchev–Trinajstić information content (AvgIpc) is 2.87. The second-order valence-electron chi connectivity index (χ2n) is 5.86. The first-order chi connectivity index (χ1) is 9.04. The molecule has 2 nitrogen and oxygen atoms in total. The summed E-state index contributed by atoms with van der Waals surface area (Å²) in [6.07, 6.45) is 2.58. The molecule has 1 N–H and O–H groups in total. The number of hydrogen-bond donors (Lipinski definition) is 1. The average molecular weight is 281 g/mol. The van der Waals surface area contributed by atoms with Gasteiger partial charge in [0.2, 0.25) is 0 Å². The number of hydrogen-bond acceptors (Lipinski definition) is 2. The van der Waals surface area contributed by atoms with Gasteiger partial charge in [-0.25, -0.2) is 0 Å². The van der Waals surface area contributed by atoms with Crippen LogP contribution in [0.25, 0.3) is 0 Å². The molecule has 1 saturated heterocycles. The molecule has 2 rings (SSSR count). The summed E-state index contributed by atoms with van der Waals surface area (Å²) in [7, 11) is 1.96. The van der Waals surface area contributed by atoms with Crippen LogP contribution in [0.4, 0.5) is 5.69 Å². The van der Waals surface area contributed by atoms with E-state index in [1.54, 1.807) is 0 Å². The molecule has 2 unspecified atom stereocenters. The van der Waals surface area contributed by atoms with Crippen molar-refractivity contribution in [1.29, 1.82) is 0 Å². The van der Waals surface area contributed by atoms with Crippen LogP contribution in [0.2, 0.25) is 5.02 Å². The van der Waals surface area contributed by atoms with Gasteiger partial charge in [-0.1, -0.05) is 31.5 Å². The zero-order valence-electron chi connectivity index (χ0n) is 12.4. The fourth-order valence-corrected chi connectivity index (χ4v) is 3.35. The molecule has 0 spiro atoms. The molecule has 1 heterocycles. The highest BCUT2D eigenvalue weighted by molar-refractivity contribution is 6.31. The molecule has 0 aromatic heterocycles. The van der Waals surface area contributed by atoms with Gasteiger partial charge in [0.15, 0.2) is 0 Å². The van der Waals surface area contributed by atoms with E-state index in [9.17, 15) is 0 Å². The van der Waals surface area contributed by atoms with Crippen molar-refractivity contribution in [1.82, 2.24) is 5.32 Å². The Morgan fingerprint density at radius 1 is 1.32 bits per heavy atom. The predicted molar refractivity (Wildman–Crippen MR) is 84.1 cm³/mol. The molecule has 1 aromatic rings. The largest absolute Gasteiger partial charge is 0.368 e. The predicted octanol–water partition coefficient (Wildman–Crippen LogP) is 4.25. The third-order valence-electron chi connectivity index (χ3n) is 4.28. The Labute approximate surface area is 122 Å². The van der Waals surface area contributed by atoms with Gasteiger partial charge in [0.25, 0.3) is 0 Å². The molecule has 19 heavy (non-hydrogen) atoms. The summed E-state index contributed by atoms with van der Waals surface area (Å²) in [6.45, 7) is 7.90. The van der Waals surface area contributed by atoms with Crippen LogP contribution in [0.15, 0.2) is 18.2 Å². The van der Waals surface area contributed by atoms with Gasteiger partial charge in [0.1, 0.15) is 0 Å². The second kappa shape index (κ2) is 6.15. The molecule has 1 aliphatic rings. The lowest BCUT2D eigenvalue weighted by molar-refractivity contribution is 0.492. The fraction of sp³-hybridized carbons (Fsp3) is 0.625. The second-order valence-corrected chi connectivity index (χ2v) is 6.27. The number of nitrogens with zero attached hydrogens (tertiary/aromatic N) is 1. The molecule has 2 atom stereocenters. The fourth-order valence-electron chi connectivity index (χ4n) is 3.01. The highest BCUT2D eigenvalue weighted by atomic mass is 35.5. The SMILES string of the molecule is CNC(C)c1ccc(N2CCCC2C(C)C)cc1Cl. The van der Waals surface area contributed by atoms with Crippen molar-refractivity contribution in [2.75, 3.05) is 18.5 Å². The van der Waals surface area contributed by atoms with Crippen molar-refractivity contribution in [3.05, 3.63) is 28.8 Å². The van der Waals surface area contributed by atoms with E-state index >= 15 is 0 Å². The molecule has 0 saturated carbocycles. The van der Waals surface area contributed by atoms with E-state index in [1.807, 2.05) is 7.05 Å². The summed E-state index contributed by atoms with van der Waals surface area (Å²) >= 11 is 6.44. The molecule has 0 aliphatic carbocycles. The van der Waals surface area contributed by atoms with Crippen LogP contribution in [-0.2, 0) is 0 Å². The third kappa shape index (κ3) is 3.06. The minimum absolute atomic E-state index is 0.293. The number of rotatable bonds is 4. The quantitative estimate of drug-likeness (QED) is 0.887. The van der Waals surface area contributed by atoms with Gasteiger partial charge in [0, 0.05) is 29.3 Å². The summed E-state index contributed by atoms with van der Waals surface area (Å²) in [6, 6.07) is 7.46. The molecule has 1 fully saturated rings. The Balaban J connectivity index is 2.24. The van der Waals surface area contributed by atoms with Crippen molar-refractivity contribution in [2.45, 2.75) is 45.7 Å². The summed E-state index contributed by atoms with van der Waals surface area (Å²) in [5.74, 6) is 0.692. The standard InChI is InChI=1S/C16H25ClN2/c1-11(2)16-6-5-9-19(16)13-7-8-14(12(3)18-4)15(17)10-13/h7-8,10-12,16,18H,5-6,9H2,1-4H3. The van der Waals surface area contributed by atoms with Gasteiger partial charge >= 0.3 is 0 Å². The van der Waals surface area contributed by atoms with E-state index in [4.69, 9.17) is 11.6 Å². The van der Waals surface area contributed by atoms with E-state index in [0.717, 1.165) is 11.6 Å². The maximum atomic E-state index is 6.44. The Morgan fingerprint density at radius 2 is 2.05 bits per heavy atom. The highest BCUT2D eigenvalue weighted by Crippen LogP contribution is 2.33. The van der Waals surface area contributed by atoms with Crippen molar-refractivity contribution in [3.63, 3.8) is 0 Å². The summed E-state index contributed by atoms with van der Waals surface area (Å²) in [4.78, 5) is 2.52. The summed E-state index contributed by atoms with van der Waals surface area (Å²) in [5, 5.41) is 4.11. The lowest BCUT2D eigenvalue weighted by Gasteiger charge is -2.30. The first-order valence-electron chi connectivity index (χ1n) is 7.28. The molecule has 3 heteroatoms. The Kier molecular flexibility index (Phi) is 4.75. The van der Waals surface area contributed by atoms with Gasteiger partial charge in [-0.2, -0.15) is 0 Å². The van der Waals surface area contributed by atoms with Crippen molar-refractivity contribution in [2.24, 2.45) is 5.92 Å². The van der Waals surface area contributed by atoms with E-state index in [2.05, 4.69) is 49.2 Å². The number of benzene rings is 1. The maximum absolute atomic E-state index is 6.44. The van der Waals surface area contributed by atoms with E-state index < -0.39 is 0 Å². The smallest absolute Gasteiger partial charge is 0.0474 e. The van der Waals surface area contributed by atoms with E-state index in [0.29, 0.717) is 18.0 Å². The van der Waals surface area contributed by atoms with Crippen molar-refractivity contribution >= 4 is 17.3 Å². The van der Waals surface area contributed by atoms with Crippen molar-refractivity contribution < 1.29 is 0 Å². The summed E-state index contributed by atoms with van der Waals surface area (Å²) < 4.78 is 0. The minimum Gasteiger partial charge on any atom is -0.368 e. The first-order valence-corrected chi connectivity index (χ1v) is 7.65. The molecule has 0 amide bonds. The Hall–Kier alpha value is -0.730. The monoisotopic (exact) mass is 280 g/mol. The molecular formula is C16H25ClN2.